The van der Waals surface area contributed by atoms with Crippen LogP contribution in [0.2, 0.25) is 5.02 Å². The lowest BCUT2D eigenvalue weighted by molar-refractivity contribution is 0.239. The van der Waals surface area contributed by atoms with Crippen molar-refractivity contribution >= 4 is 22.6 Å². The Morgan fingerprint density at radius 2 is 1.94 bits per heavy atom. The largest absolute Gasteiger partial charge is 0.508 e. The Bertz CT molecular complexity index is 1260. The van der Waals surface area contributed by atoms with E-state index in [0.717, 1.165) is 30.8 Å². The minimum Gasteiger partial charge on any atom is -0.508 e. The molecule has 0 unspecified atom stereocenters. The zero-order valence-corrected chi connectivity index (χ0v) is 18.9. The molecule has 7 nitrogen and oxygen atoms in total. The van der Waals surface area contributed by atoms with E-state index in [1.54, 1.807) is 30.6 Å². The summed E-state index contributed by atoms with van der Waals surface area (Å²) in [4.78, 5) is 11.3. The van der Waals surface area contributed by atoms with E-state index in [0.29, 0.717) is 46.2 Å². The molecule has 3 heterocycles. The molecule has 0 atom stereocenters. The molecule has 0 amide bonds. The summed E-state index contributed by atoms with van der Waals surface area (Å²) in [6.45, 7) is 3.64. The number of halogens is 1. The standard InChI is InChI=1S/C25H24ClN5O2/c26-21-6-5-19(32)15-20(21)18-13-22-25(23(14-18)33-11-10-31-8-1-2-9-31)28-24(30-29-22)12-17-4-3-7-27-16-17/h3-7,13-16,32H,1-2,8-12H2. The second-order valence-electron chi connectivity index (χ2n) is 8.17. The molecule has 1 N–H and O–H groups in total. The molecular formula is C25H24ClN5O2. The maximum Gasteiger partial charge on any atom is 0.156 e. The van der Waals surface area contributed by atoms with Crippen molar-refractivity contribution in [2.45, 2.75) is 19.3 Å². The van der Waals surface area contributed by atoms with Gasteiger partial charge in [0, 0.05) is 35.9 Å². The van der Waals surface area contributed by atoms with E-state index in [1.807, 2.05) is 24.3 Å². The number of fused-ring (bicyclic) bond motifs is 1. The number of rotatable bonds is 7. The van der Waals surface area contributed by atoms with Gasteiger partial charge in [0.15, 0.2) is 5.82 Å². The summed E-state index contributed by atoms with van der Waals surface area (Å²) in [6.07, 6.45) is 6.55. The van der Waals surface area contributed by atoms with Crippen LogP contribution in [0.15, 0.2) is 54.9 Å². The van der Waals surface area contributed by atoms with Gasteiger partial charge in [-0.2, -0.15) is 0 Å². The van der Waals surface area contributed by atoms with Gasteiger partial charge < -0.3 is 9.84 Å². The highest BCUT2D eigenvalue weighted by molar-refractivity contribution is 6.33. The van der Waals surface area contributed by atoms with Crippen LogP contribution in [-0.2, 0) is 6.42 Å². The monoisotopic (exact) mass is 461 g/mol. The van der Waals surface area contributed by atoms with Crippen LogP contribution in [0.3, 0.4) is 0 Å². The molecule has 2 aromatic heterocycles. The molecule has 1 aliphatic heterocycles. The summed E-state index contributed by atoms with van der Waals surface area (Å²) in [7, 11) is 0. The number of benzene rings is 2. The number of aromatic hydroxyl groups is 1. The van der Waals surface area contributed by atoms with E-state index in [4.69, 9.17) is 21.3 Å². The molecule has 1 aliphatic rings. The number of aromatic nitrogens is 4. The summed E-state index contributed by atoms with van der Waals surface area (Å²) in [5, 5.41) is 19.3. The fourth-order valence-corrected chi connectivity index (χ4v) is 4.32. The smallest absolute Gasteiger partial charge is 0.156 e. The first kappa shape index (κ1) is 21.6. The first-order chi connectivity index (χ1) is 16.2. The third-order valence-corrected chi connectivity index (χ3v) is 6.11. The molecular weight excluding hydrogens is 438 g/mol. The van der Waals surface area contributed by atoms with E-state index < -0.39 is 0 Å². The van der Waals surface area contributed by atoms with E-state index in [2.05, 4.69) is 20.1 Å². The Morgan fingerprint density at radius 1 is 1.06 bits per heavy atom. The number of hydrogen-bond donors (Lipinski definition) is 1. The molecule has 4 aromatic rings. The Morgan fingerprint density at radius 3 is 2.76 bits per heavy atom. The lowest BCUT2D eigenvalue weighted by Crippen LogP contribution is -2.25. The van der Waals surface area contributed by atoms with Crippen LogP contribution in [-0.4, -0.2) is 56.4 Å². The first-order valence-corrected chi connectivity index (χ1v) is 11.4. The molecule has 33 heavy (non-hydrogen) atoms. The van der Waals surface area contributed by atoms with Crippen molar-refractivity contribution in [2.75, 3.05) is 26.2 Å². The molecule has 1 fully saturated rings. The number of ether oxygens (including phenoxy) is 1. The topological polar surface area (TPSA) is 84.3 Å². The molecule has 8 heteroatoms. The molecule has 0 bridgehead atoms. The van der Waals surface area contributed by atoms with Gasteiger partial charge in [-0.3, -0.25) is 9.88 Å². The SMILES string of the molecule is Oc1ccc(Cl)c(-c2cc(OCCN3CCCC3)c3nc(Cc4cccnc4)nnc3c2)c1. The molecule has 0 radical (unpaired) electrons. The number of likely N-dealkylation sites (tertiary alicyclic amines) is 1. The van der Waals surface area contributed by atoms with Crippen molar-refractivity contribution in [1.82, 2.24) is 25.1 Å². The summed E-state index contributed by atoms with van der Waals surface area (Å²) in [6, 6.07) is 12.5. The summed E-state index contributed by atoms with van der Waals surface area (Å²) in [5.74, 6) is 1.37. The molecule has 2 aromatic carbocycles. The average molecular weight is 462 g/mol. The lowest BCUT2D eigenvalue weighted by Gasteiger charge is -2.16. The number of nitrogens with zero attached hydrogens (tertiary/aromatic N) is 5. The van der Waals surface area contributed by atoms with Gasteiger partial charge in [-0.25, -0.2) is 4.98 Å². The normalized spacial score (nSPS) is 14.1. The summed E-state index contributed by atoms with van der Waals surface area (Å²) < 4.78 is 6.23. The highest BCUT2D eigenvalue weighted by atomic mass is 35.5. The molecule has 0 spiro atoms. The predicted molar refractivity (Wildman–Crippen MR) is 128 cm³/mol. The Balaban J connectivity index is 1.51. The first-order valence-electron chi connectivity index (χ1n) is 11.1. The number of pyridine rings is 1. The Hall–Kier alpha value is -3.29. The maximum absolute atomic E-state index is 9.98. The second kappa shape index (κ2) is 9.68. The lowest BCUT2D eigenvalue weighted by atomic mass is 10.0. The van der Waals surface area contributed by atoms with Crippen LogP contribution in [0.4, 0.5) is 0 Å². The van der Waals surface area contributed by atoms with Gasteiger partial charge in [-0.05, 0) is 73.5 Å². The van der Waals surface area contributed by atoms with Crippen LogP contribution >= 0.6 is 11.6 Å². The zero-order valence-electron chi connectivity index (χ0n) is 18.1. The van der Waals surface area contributed by atoms with Crippen LogP contribution in [0.5, 0.6) is 11.5 Å². The molecule has 1 saturated heterocycles. The molecule has 5 rings (SSSR count). The third kappa shape index (κ3) is 5.05. The fraction of sp³-hybridized carbons (Fsp3) is 0.280. The highest BCUT2D eigenvalue weighted by Gasteiger charge is 2.16. The molecule has 168 valence electrons. The van der Waals surface area contributed by atoms with E-state index >= 15 is 0 Å². The minimum absolute atomic E-state index is 0.141. The Labute approximate surface area is 197 Å². The third-order valence-electron chi connectivity index (χ3n) is 5.78. The Kier molecular flexibility index (Phi) is 6.32. The van der Waals surface area contributed by atoms with Gasteiger partial charge in [0.2, 0.25) is 0 Å². The number of hydrogen-bond acceptors (Lipinski definition) is 7. The van der Waals surface area contributed by atoms with Crippen molar-refractivity contribution in [1.29, 1.82) is 0 Å². The van der Waals surface area contributed by atoms with Crippen molar-refractivity contribution in [3.8, 4) is 22.6 Å². The van der Waals surface area contributed by atoms with E-state index in [9.17, 15) is 5.11 Å². The van der Waals surface area contributed by atoms with Gasteiger partial charge in [-0.15, -0.1) is 10.2 Å². The summed E-state index contributed by atoms with van der Waals surface area (Å²) in [5.41, 5.74) is 3.77. The van der Waals surface area contributed by atoms with Gasteiger partial charge >= 0.3 is 0 Å². The minimum atomic E-state index is 0.141. The average Bonchev–Trinajstić information content (AvgIpc) is 3.35. The van der Waals surface area contributed by atoms with Gasteiger partial charge in [0.25, 0.3) is 0 Å². The van der Waals surface area contributed by atoms with Crippen LogP contribution in [0.25, 0.3) is 22.2 Å². The van der Waals surface area contributed by atoms with Crippen LogP contribution < -0.4 is 4.74 Å². The maximum atomic E-state index is 9.98. The fourth-order valence-electron chi connectivity index (χ4n) is 4.10. The van der Waals surface area contributed by atoms with Crippen LogP contribution in [0.1, 0.15) is 24.2 Å². The van der Waals surface area contributed by atoms with Gasteiger partial charge in [0.05, 0.1) is 0 Å². The van der Waals surface area contributed by atoms with Gasteiger partial charge in [0.1, 0.15) is 29.1 Å². The van der Waals surface area contributed by atoms with Crippen molar-refractivity contribution in [3.63, 3.8) is 0 Å². The van der Waals surface area contributed by atoms with E-state index in [-0.39, 0.29) is 5.75 Å². The second-order valence-corrected chi connectivity index (χ2v) is 8.58. The summed E-state index contributed by atoms with van der Waals surface area (Å²) >= 11 is 6.42. The van der Waals surface area contributed by atoms with E-state index in [1.165, 1.54) is 12.8 Å². The highest BCUT2D eigenvalue weighted by Crippen LogP contribution is 2.36. The molecule has 0 saturated carbocycles. The van der Waals surface area contributed by atoms with Crippen molar-refractivity contribution < 1.29 is 9.84 Å². The number of phenolic OH excluding ortho intramolecular Hbond substituents is 1. The quantitative estimate of drug-likeness (QED) is 0.433. The number of phenols is 1. The molecule has 0 aliphatic carbocycles. The van der Waals surface area contributed by atoms with Crippen molar-refractivity contribution in [2.24, 2.45) is 0 Å². The zero-order chi connectivity index (χ0) is 22.6. The predicted octanol–water partition coefficient (Wildman–Crippen LogP) is 4.51. The van der Waals surface area contributed by atoms with Crippen LogP contribution in [0, 0.1) is 0 Å². The van der Waals surface area contributed by atoms with Crippen molar-refractivity contribution in [3.05, 3.63) is 71.3 Å². The van der Waals surface area contributed by atoms with Gasteiger partial charge in [-0.1, -0.05) is 17.7 Å².